The summed E-state index contributed by atoms with van der Waals surface area (Å²) in [5, 5.41) is 7.73. The second-order valence-corrected chi connectivity index (χ2v) is 5.88. The topological polar surface area (TPSA) is 30.5 Å². The van der Waals surface area contributed by atoms with E-state index in [1.807, 2.05) is 12.1 Å². The van der Waals surface area contributed by atoms with E-state index in [1.165, 1.54) is 16.0 Å². The van der Waals surface area contributed by atoms with E-state index in [4.69, 9.17) is 9.47 Å². The average Bonchev–Trinajstić information content (AvgIpc) is 2.99. The Morgan fingerprint density at radius 3 is 2.50 bits per heavy atom. The van der Waals surface area contributed by atoms with Crippen molar-refractivity contribution in [1.29, 1.82) is 0 Å². The quantitative estimate of drug-likeness (QED) is 0.789. The van der Waals surface area contributed by atoms with Crippen molar-refractivity contribution in [3.63, 3.8) is 0 Å². The lowest BCUT2D eigenvalue weighted by atomic mass is 10.2. The summed E-state index contributed by atoms with van der Waals surface area (Å²) in [5.41, 5.74) is 2.55. The predicted molar refractivity (Wildman–Crippen MR) is 86.2 cm³/mol. The molecule has 0 amide bonds. The molecule has 3 nitrogen and oxygen atoms in total. The van der Waals surface area contributed by atoms with E-state index in [0.717, 1.165) is 24.6 Å². The van der Waals surface area contributed by atoms with Gasteiger partial charge in [0.15, 0.2) is 11.5 Å². The second-order valence-electron chi connectivity index (χ2n) is 4.25. The Balaban J connectivity index is 2.09. The van der Waals surface area contributed by atoms with Crippen LogP contribution in [0.3, 0.4) is 0 Å². The number of hydrogen-bond acceptors (Lipinski definition) is 5. The molecule has 1 heterocycles. The summed E-state index contributed by atoms with van der Waals surface area (Å²) in [4.78, 5) is 1.21. The minimum absolute atomic E-state index is 0.776. The average molecular weight is 309 g/mol. The number of thiophene rings is 1. The second kappa shape index (κ2) is 7.57. The van der Waals surface area contributed by atoms with Crippen LogP contribution in [-0.4, -0.2) is 20.5 Å². The van der Waals surface area contributed by atoms with E-state index >= 15 is 0 Å². The van der Waals surface area contributed by atoms with Gasteiger partial charge in [-0.2, -0.15) is 11.3 Å². The Morgan fingerprint density at radius 2 is 1.90 bits per heavy atom. The van der Waals surface area contributed by atoms with Crippen molar-refractivity contribution in [2.45, 2.75) is 18.0 Å². The summed E-state index contributed by atoms with van der Waals surface area (Å²) in [7, 11) is 3.33. The maximum atomic E-state index is 5.37. The van der Waals surface area contributed by atoms with Crippen molar-refractivity contribution in [2.24, 2.45) is 0 Å². The minimum atomic E-state index is 0.776. The minimum Gasteiger partial charge on any atom is -0.493 e. The molecule has 0 fully saturated rings. The van der Waals surface area contributed by atoms with Gasteiger partial charge in [0.05, 0.1) is 14.2 Å². The first-order valence-corrected chi connectivity index (χ1v) is 8.46. The molecule has 0 aliphatic carbocycles. The van der Waals surface area contributed by atoms with Crippen molar-refractivity contribution < 1.29 is 9.47 Å². The molecule has 0 aliphatic heterocycles. The van der Waals surface area contributed by atoms with E-state index in [1.54, 1.807) is 37.3 Å². The van der Waals surface area contributed by atoms with Crippen LogP contribution >= 0.6 is 23.1 Å². The fourth-order valence-corrected chi connectivity index (χ4v) is 3.25. The smallest absolute Gasteiger partial charge is 0.161 e. The molecule has 5 heteroatoms. The highest BCUT2D eigenvalue weighted by Gasteiger charge is 2.10. The molecule has 0 spiro atoms. The molecular weight excluding hydrogens is 290 g/mol. The molecule has 0 radical (unpaired) electrons. The Hall–Kier alpha value is -1.17. The van der Waals surface area contributed by atoms with Gasteiger partial charge >= 0.3 is 0 Å². The maximum Gasteiger partial charge on any atom is 0.161 e. The summed E-state index contributed by atoms with van der Waals surface area (Å²) in [6.45, 7) is 1.69. The molecule has 20 heavy (non-hydrogen) atoms. The van der Waals surface area contributed by atoms with Crippen molar-refractivity contribution in [2.75, 3.05) is 20.5 Å². The Bertz CT molecular complexity index is 541. The van der Waals surface area contributed by atoms with E-state index < -0.39 is 0 Å². The van der Waals surface area contributed by atoms with E-state index in [0.29, 0.717) is 0 Å². The molecule has 1 N–H and O–H groups in total. The van der Waals surface area contributed by atoms with Crippen LogP contribution in [0.4, 0.5) is 0 Å². The molecule has 2 aromatic rings. The van der Waals surface area contributed by atoms with Crippen molar-refractivity contribution >= 4 is 23.1 Å². The summed E-state index contributed by atoms with van der Waals surface area (Å²) >= 11 is 3.44. The number of benzene rings is 1. The number of rotatable bonds is 7. The maximum absolute atomic E-state index is 5.37. The zero-order valence-electron chi connectivity index (χ0n) is 11.9. The van der Waals surface area contributed by atoms with E-state index in [2.05, 4.69) is 28.4 Å². The molecular formula is C15H19NO2S2. The van der Waals surface area contributed by atoms with Crippen LogP contribution in [0.5, 0.6) is 11.5 Å². The molecule has 0 saturated carbocycles. The first-order chi connectivity index (χ1) is 9.78. The van der Waals surface area contributed by atoms with Gasteiger partial charge in [-0.05, 0) is 46.3 Å². The van der Waals surface area contributed by atoms with Gasteiger partial charge in [-0.1, -0.05) is 0 Å². The molecule has 0 aliphatic rings. The normalized spacial score (nSPS) is 10.6. The summed E-state index contributed by atoms with van der Waals surface area (Å²) < 4.78 is 10.7. The lowest BCUT2D eigenvalue weighted by molar-refractivity contribution is 0.353. The molecule has 108 valence electrons. The van der Waals surface area contributed by atoms with Crippen molar-refractivity contribution in [3.05, 3.63) is 40.1 Å². The third-order valence-corrected chi connectivity index (χ3v) is 4.56. The lowest BCUT2D eigenvalue weighted by Gasteiger charge is -2.14. The standard InChI is InChI=1S/C15H19NO2S2/c1-17-13-6-12(15(19-3)7-14(13)18-2)9-16-8-11-4-5-20-10-11/h4-7,10,16H,8-9H2,1-3H3. The fraction of sp³-hybridized carbons (Fsp3) is 0.333. The van der Waals surface area contributed by atoms with Gasteiger partial charge < -0.3 is 14.8 Å². The molecule has 0 saturated heterocycles. The first kappa shape index (κ1) is 15.2. The molecule has 0 bridgehead atoms. The largest absolute Gasteiger partial charge is 0.493 e. The monoisotopic (exact) mass is 309 g/mol. The number of nitrogens with one attached hydrogen (secondary N) is 1. The van der Waals surface area contributed by atoms with E-state index in [9.17, 15) is 0 Å². The van der Waals surface area contributed by atoms with Gasteiger partial charge in [-0.3, -0.25) is 0 Å². The molecule has 0 atom stereocenters. The number of ether oxygens (including phenoxy) is 2. The molecule has 2 rings (SSSR count). The highest BCUT2D eigenvalue weighted by molar-refractivity contribution is 7.98. The van der Waals surface area contributed by atoms with Crippen LogP contribution in [0.1, 0.15) is 11.1 Å². The van der Waals surface area contributed by atoms with Crippen molar-refractivity contribution in [1.82, 2.24) is 5.32 Å². The Labute approximate surface area is 128 Å². The highest BCUT2D eigenvalue weighted by atomic mass is 32.2. The Kier molecular flexibility index (Phi) is 5.76. The van der Waals surface area contributed by atoms with Crippen LogP contribution < -0.4 is 14.8 Å². The Morgan fingerprint density at radius 1 is 1.15 bits per heavy atom. The van der Waals surface area contributed by atoms with Gasteiger partial charge in [-0.25, -0.2) is 0 Å². The molecule has 1 aromatic carbocycles. The fourth-order valence-electron chi connectivity index (χ4n) is 1.97. The predicted octanol–water partition coefficient (Wildman–Crippen LogP) is 3.78. The third-order valence-electron chi connectivity index (χ3n) is 3.01. The van der Waals surface area contributed by atoms with Crippen LogP contribution in [-0.2, 0) is 13.1 Å². The van der Waals surface area contributed by atoms with Crippen LogP contribution in [0.2, 0.25) is 0 Å². The van der Waals surface area contributed by atoms with Crippen LogP contribution in [0, 0.1) is 0 Å². The zero-order chi connectivity index (χ0) is 14.4. The highest BCUT2D eigenvalue weighted by Crippen LogP contribution is 2.34. The summed E-state index contributed by atoms with van der Waals surface area (Å²) in [6.07, 6.45) is 2.07. The van der Waals surface area contributed by atoms with Gasteiger partial charge in [0.25, 0.3) is 0 Å². The number of methoxy groups -OCH3 is 2. The molecule has 1 aromatic heterocycles. The van der Waals surface area contributed by atoms with Gasteiger partial charge in [-0.15, -0.1) is 11.8 Å². The summed E-state index contributed by atoms with van der Waals surface area (Å²) in [6, 6.07) is 6.22. The van der Waals surface area contributed by atoms with Gasteiger partial charge in [0, 0.05) is 18.0 Å². The van der Waals surface area contributed by atoms with Gasteiger partial charge in [0.2, 0.25) is 0 Å². The third kappa shape index (κ3) is 3.69. The van der Waals surface area contributed by atoms with Crippen molar-refractivity contribution in [3.8, 4) is 11.5 Å². The first-order valence-electron chi connectivity index (χ1n) is 6.29. The van der Waals surface area contributed by atoms with Crippen LogP contribution in [0.15, 0.2) is 33.9 Å². The number of hydrogen-bond donors (Lipinski definition) is 1. The van der Waals surface area contributed by atoms with Crippen LogP contribution in [0.25, 0.3) is 0 Å². The zero-order valence-corrected chi connectivity index (χ0v) is 13.6. The number of thioether (sulfide) groups is 1. The lowest BCUT2D eigenvalue weighted by Crippen LogP contribution is -2.13. The summed E-state index contributed by atoms with van der Waals surface area (Å²) in [5.74, 6) is 1.55. The van der Waals surface area contributed by atoms with E-state index in [-0.39, 0.29) is 0 Å². The van der Waals surface area contributed by atoms with Gasteiger partial charge in [0.1, 0.15) is 0 Å². The SMILES string of the molecule is COc1cc(CNCc2ccsc2)c(SC)cc1OC. The molecule has 0 unspecified atom stereocenters.